The number of carbonyl (C=O) groups is 2. The van der Waals surface area contributed by atoms with E-state index in [0.29, 0.717) is 29.5 Å². The molecule has 0 atom stereocenters. The van der Waals surface area contributed by atoms with E-state index in [1.807, 2.05) is 24.3 Å². The van der Waals surface area contributed by atoms with Gasteiger partial charge in [0, 0.05) is 11.1 Å². The minimum absolute atomic E-state index is 0.108. The standard InChI is InChI=1S/C19H18O3/c20-17(14-8-2-1-3-9-14)15-10-4-5-11-16(15)19(18(21)22)12-6-7-13-19/h1-5,8-11H,6-7,12-13H2,(H,21,22). The molecule has 0 unspecified atom stereocenters. The number of carboxylic acid groups (broad SMARTS) is 1. The molecule has 1 saturated carbocycles. The van der Waals surface area contributed by atoms with Gasteiger partial charge < -0.3 is 5.11 Å². The Morgan fingerprint density at radius 3 is 2.09 bits per heavy atom. The van der Waals surface area contributed by atoms with Crippen molar-refractivity contribution in [3.63, 3.8) is 0 Å². The lowest BCUT2D eigenvalue weighted by Gasteiger charge is -2.26. The fourth-order valence-electron chi connectivity index (χ4n) is 3.42. The lowest BCUT2D eigenvalue weighted by molar-refractivity contribution is -0.143. The Morgan fingerprint density at radius 1 is 0.864 bits per heavy atom. The largest absolute Gasteiger partial charge is 0.481 e. The molecule has 2 aromatic carbocycles. The highest BCUT2D eigenvalue weighted by Crippen LogP contribution is 2.43. The smallest absolute Gasteiger partial charge is 0.314 e. The van der Waals surface area contributed by atoms with E-state index >= 15 is 0 Å². The zero-order valence-corrected chi connectivity index (χ0v) is 12.3. The number of hydrogen-bond acceptors (Lipinski definition) is 2. The third kappa shape index (κ3) is 2.33. The van der Waals surface area contributed by atoms with E-state index < -0.39 is 11.4 Å². The predicted octanol–water partition coefficient (Wildman–Crippen LogP) is 3.81. The van der Waals surface area contributed by atoms with Crippen molar-refractivity contribution in [2.24, 2.45) is 0 Å². The first-order valence-electron chi connectivity index (χ1n) is 7.58. The molecule has 0 heterocycles. The topological polar surface area (TPSA) is 54.4 Å². The highest BCUT2D eigenvalue weighted by Gasteiger charge is 2.44. The van der Waals surface area contributed by atoms with Gasteiger partial charge in [0.2, 0.25) is 0 Å². The first-order valence-corrected chi connectivity index (χ1v) is 7.58. The molecular weight excluding hydrogens is 276 g/mol. The minimum atomic E-state index is -0.916. The zero-order chi connectivity index (χ0) is 15.6. The lowest BCUT2D eigenvalue weighted by Crippen LogP contribution is -2.34. The van der Waals surface area contributed by atoms with Gasteiger partial charge in [0.1, 0.15) is 0 Å². The molecule has 3 nitrogen and oxygen atoms in total. The molecule has 3 heteroatoms. The van der Waals surface area contributed by atoms with Crippen LogP contribution >= 0.6 is 0 Å². The zero-order valence-electron chi connectivity index (χ0n) is 12.3. The third-order valence-electron chi connectivity index (χ3n) is 4.59. The van der Waals surface area contributed by atoms with E-state index in [1.165, 1.54) is 0 Å². The number of carbonyl (C=O) groups excluding carboxylic acids is 1. The molecule has 1 aliphatic carbocycles. The number of hydrogen-bond donors (Lipinski definition) is 1. The summed E-state index contributed by atoms with van der Waals surface area (Å²) in [6, 6.07) is 16.2. The molecule has 0 bridgehead atoms. The molecule has 1 aliphatic rings. The van der Waals surface area contributed by atoms with Crippen LogP contribution in [0.4, 0.5) is 0 Å². The molecule has 22 heavy (non-hydrogen) atoms. The van der Waals surface area contributed by atoms with Crippen LogP contribution in [-0.4, -0.2) is 16.9 Å². The minimum Gasteiger partial charge on any atom is -0.481 e. The Bertz CT molecular complexity index is 698. The van der Waals surface area contributed by atoms with Crippen LogP contribution in [0.15, 0.2) is 54.6 Å². The average molecular weight is 294 g/mol. The maximum absolute atomic E-state index is 12.8. The van der Waals surface area contributed by atoms with Gasteiger partial charge in [0.25, 0.3) is 0 Å². The van der Waals surface area contributed by atoms with Gasteiger partial charge in [-0.3, -0.25) is 9.59 Å². The Kier molecular flexibility index (Phi) is 3.80. The summed E-state index contributed by atoms with van der Waals surface area (Å²) in [7, 11) is 0. The summed E-state index contributed by atoms with van der Waals surface area (Å²) in [6.45, 7) is 0. The first-order chi connectivity index (χ1) is 10.6. The van der Waals surface area contributed by atoms with Crippen molar-refractivity contribution in [3.05, 3.63) is 71.3 Å². The van der Waals surface area contributed by atoms with Crippen molar-refractivity contribution in [2.75, 3.05) is 0 Å². The van der Waals surface area contributed by atoms with Gasteiger partial charge in [-0.05, 0) is 18.4 Å². The Morgan fingerprint density at radius 2 is 1.45 bits per heavy atom. The van der Waals surface area contributed by atoms with Crippen molar-refractivity contribution in [3.8, 4) is 0 Å². The van der Waals surface area contributed by atoms with E-state index in [4.69, 9.17) is 0 Å². The number of ketones is 1. The van der Waals surface area contributed by atoms with E-state index in [-0.39, 0.29) is 5.78 Å². The van der Waals surface area contributed by atoms with E-state index in [9.17, 15) is 14.7 Å². The molecule has 0 spiro atoms. The molecule has 2 aromatic rings. The van der Waals surface area contributed by atoms with Gasteiger partial charge in [-0.25, -0.2) is 0 Å². The van der Waals surface area contributed by atoms with Crippen LogP contribution in [-0.2, 0) is 10.2 Å². The van der Waals surface area contributed by atoms with Crippen molar-refractivity contribution in [1.82, 2.24) is 0 Å². The summed E-state index contributed by atoms with van der Waals surface area (Å²) < 4.78 is 0. The van der Waals surface area contributed by atoms with E-state index in [2.05, 4.69) is 0 Å². The van der Waals surface area contributed by atoms with Gasteiger partial charge >= 0.3 is 5.97 Å². The third-order valence-corrected chi connectivity index (χ3v) is 4.59. The second kappa shape index (κ2) is 5.76. The van der Waals surface area contributed by atoms with E-state index in [1.54, 1.807) is 30.3 Å². The lowest BCUT2D eigenvalue weighted by atomic mass is 9.75. The SMILES string of the molecule is O=C(c1ccccc1)c1ccccc1C1(C(=O)O)CCCC1. The Balaban J connectivity index is 2.11. The Labute approximate surface area is 129 Å². The number of benzene rings is 2. The fourth-order valence-corrected chi connectivity index (χ4v) is 3.42. The first kappa shape index (κ1) is 14.5. The summed E-state index contributed by atoms with van der Waals surface area (Å²) in [5, 5.41) is 9.78. The summed E-state index contributed by atoms with van der Waals surface area (Å²) >= 11 is 0. The van der Waals surface area contributed by atoms with Crippen LogP contribution in [0.3, 0.4) is 0 Å². The van der Waals surface area contributed by atoms with Crippen molar-refractivity contribution in [1.29, 1.82) is 0 Å². The normalized spacial score (nSPS) is 16.4. The van der Waals surface area contributed by atoms with Crippen LogP contribution in [0.5, 0.6) is 0 Å². The number of aliphatic carboxylic acids is 1. The molecule has 1 fully saturated rings. The van der Waals surface area contributed by atoms with E-state index in [0.717, 1.165) is 12.8 Å². The maximum atomic E-state index is 12.8. The second-order valence-corrected chi connectivity index (χ2v) is 5.84. The summed E-state index contributed by atoms with van der Waals surface area (Å²) in [5.74, 6) is -0.929. The summed E-state index contributed by atoms with van der Waals surface area (Å²) in [5.41, 5.74) is 0.849. The van der Waals surface area contributed by atoms with Crippen LogP contribution < -0.4 is 0 Å². The van der Waals surface area contributed by atoms with Gasteiger partial charge in [-0.2, -0.15) is 0 Å². The molecule has 0 aromatic heterocycles. The monoisotopic (exact) mass is 294 g/mol. The predicted molar refractivity (Wildman–Crippen MR) is 84.1 cm³/mol. The molecular formula is C19H18O3. The number of rotatable bonds is 4. The molecule has 1 N–H and O–H groups in total. The molecule has 0 saturated heterocycles. The highest BCUT2D eigenvalue weighted by molar-refractivity contribution is 6.10. The molecule has 0 aliphatic heterocycles. The molecule has 0 amide bonds. The van der Waals surface area contributed by atoms with Crippen molar-refractivity contribution >= 4 is 11.8 Å². The summed E-state index contributed by atoms with van der Waals surface area (Å²) in [6.07, 6.45) is 2.98. The van der Waals surface area contributed by atoms with Gasteiger partial charge in [0.05, 0.1) is 5.41 Å². The summed E-state index contributed by atoms with van der Waals surface area (Å²) in [4.78, 5) is 24.7. The van der Waals surface area contributed by atoms with Crippen LogP contribution in [0, 0.1) is 0 Å². The maximum Gasteiger partial charge on any atom is 0.314 e. The van der Waals surface area contributed by atoms with Crippen LogP contribution in [0.25, 0.3) is 0 Å². The van der Waals surface area contributed by atoms with Gasteiger partial charge in [-0.1, -0.05) is 67.4 Å². The Hall–Kier alpha value is -2.42. The van der Waals surface area contributed by atoms with Gasteiger partial charge in [-0.15, -0.1) is 0 Å². The highest BCUT2D eigenvalue weighted by atomic mass is 16.4. The van der Waals surface area contributed by atoms with Gasteiger partial charge in [0.15, 0.2) is 5.78 Å². The quantitative estimate of drug-likeness (QED) is 0.872. The molecule has 0 radical (unpaired) electrons. The average Bonchev–Trinajstić information content (AvgIpc) is 3.06. The van der Waals surface area contributed by atoms with Crippen LogP contribution in [0.1, 0.15) is 47.2 Å². The van der Waals surface area contributed by atoms with Crippen molar-refractivity contribution < 1.29 is 14.7 Å². The van der Waals surface area contributed by atoms with Crippen LogP contribution in [0.2, 0.25) is 0 Å². The second-order valence-electron chi connectivity index (χ2n) is 5.84. The molecule has 3 rings (SSSR count). The number of carboxylic acids is 1. The molecule has 112 valence electrons. The fraction of sp³-hybridized carbons (Fsp3) is 0.263. The van der Waals surface area contributed by atoms with Crippen molar-refractivity contribution in [2.45, 2.75) is 31.1 Å².